The molecular weight excluding hydrogens is 290 g/mol. The number of hydrogen-bond acceptors (Lipinski definition) is 3. The number of ether oxygens (including phenoxy) is 2. The van der Waals surface area contributed by atoms with Crippen molar-refractivity contribution < 1.29 is 14.3 Å². The third kappa shape index (κ3) is 4.06. The second-order valence-electron chi connectivity index (χ2n) is 6.19. The molecule has 0 unspecified atom stereocenters. The van der Waals surface area contributed by atoms with Gasteiger partial charge in [-0.1, -0.05) is 32.4 Å². The van der Waals surface area contributed by atoms with Gasteiger partial charge in [0.2, 0.25) is 5.91 Å². The van der Waals surface area contributed by atoms with Gasteiger partial charge in [0.1, 0.15) is 0 Å². The van der Waals surface area contributed by atoms with Crippen molar-refractivity contribution in [2.75, 3.05) is 14.2 Å². The smallest absolute Gasteiger partial charge is 0.246 e. The summed E-state index contributed by atoms with van der Waals surface area (Å²) in [5, 5.41) is 0. The molecule has 1 aromatic carbocycles. The molecule has 1 fully saturated rings. The molecule has 0 aromatic heterocycles. The Morgan fingerprint density at radius 1 is 1.26 bits per heavy atom. The summed E-state index contributed by atoms with van der Waals surface area (Å²) >= 11 is 0. The Morgan fingerprint density at radius 3 is 2.57 bits per heavy atom. The number of carbonyl (C=O) groups excluding carboxylic acids is 1. The zero-order chi connectivity index (χ0) is 16.8. The molecule has 0 heterocycles. The monoisotopic (exact) mass is 317 g/mol. The minimum Gasteiger partial charge on any atom is -0.493 e. The molecule has 0 aliphatic heterocycles. The van der Waals surface area contributed by atoms with E-state index in [4.69, 9.17) is 9.47 Å². The average Bonchev–Trinajstić information content (AvgIpc) is 2.59. The van der Waals surface area contributed by atoms with Crippen LogP contribution in [-0.4, -0.2) is 31.1 Å². The minimum absolute atomic E-state index is 0.00136. The van der Waals surface area contributed by atoms with Gasteiger partial charge in [0.25, 0.3) is 0 Å². The third-order valence-corrected chi connectivity index (χ3v) is 4.73. The van der Waals surface area contributed by atoms with E-state index >= 15 is 0 Å². The molecule has 0 saturated heterocycles. The van der Waals surface area contributed by atoms with Gasteiger partial charge in [0, 0.05) is 12.6 Å². The van der Waals surface area contributed by atoms with E-state index in [1.54, 1.807) is 14.2 Å². The maximum Gasteiger partial charge on any atom is 0.246 e. The van der Waals surface area contributed by atoms with Gasteiger partial charge in [0.15, 0.2) is 11.5 Å². The highest BCUT2D eigenvalue weighted by Gasteiger charge is 2.29. The molecule has 1 aromatic rings. The lowest BCUT2D eigenvalue weighted by Gasteiger charge is -2.38. The SMILES string of the molecule is C=CC(=O)N(Cc1ccc(OC)c(OC)c1)[C@@H]1CCCC[C@H]1C. The molecule has 2 atom stereocenters. The van der Waals surface area contributed by atoms with Crippen molar-refractivity contribution >= 4 is 5.91 Å². The maximum absolute atomic E-state index is 12.4. The molecule has 1 amide bonds. The molecule has 0 spiro atoms. The summed E-state index contributed by atoms with van der Waals surface area (Å²) in [6.45, 7) is 6.48. The summed E-state index contributed by atoms with van der Waals surface area (Å²) in [5.41, 5.74) is 1.04. The van der Waals surface area contributed by atoms with E-state index in [1.807, 2.05) is 23.1 Å². The zero-order valence-corrected chi connectivity index (χ0v) is 14.4. The molecule has 2 rings (SSSR count). The van der Waals surface area contributed by atoms with Crippen LogP contribution >= 0.6 is 0 Å². The largest absolute Gasteiger partial charge is 0.493 e. The molecular formula is C19H27NO3. The van der Waals surface area contributed by atoms with Gasteiger partial charge < -0.3 is 14.4 Å². The number of hydrogen-bond donors (Lipinski definition) is 0. The lowest BCUT2D eigenvalue weighted by atomic mass is 9.84. The Morgan fingerprint density at radius 2 is 1.96 bits per heavy atom. The highest BCUT2D eigenvalue weighted by molar-refractivity contribution is 5.87. The van der Waals surface area contributed by atoms with Crippen LogP contribution in [-0.2, 0) is 11.3 Å². The van der Waals surface area contributed by atoms with Crippen LogP contribution in [0.5, 0.6) is 11.5 Å². The number of amides is 1. The molecule has 0 N–H and O–H groups in total. The molecule has 126 valence electrons. The predicted octanol–water partition coefficient (Wildman–Crippen LogP) is 3.80. The maximum atomic E-state index is 12.4. The van der Waals surface area contributed by atoms with Crippen molar-refractivity contribution in [3.05, 3.63) is 36.4 Å². The molecule has 1 aliphatic carbocycles. The molecule has 1 saturated carbocycles. The molecule has 0 radical (unpaired) electrons. The van der Waals surface area contributed by atoms with Crippen molar-refractivity contribution in [3.63, 3.8) is 0 Å². The first-order chi connectivity index (χ1) is 11.1. The van der Waals surface area contributed by atoms with E-state index in [1.165, 1.54) is 25.3 Å². The Labute approximate surface area is 139 Å². The summed E-state index contributed by atoms with van der Waals surface area (Å²) in [7, 11) is 3.24. The van der Waals surface area contributed by atoms with Crippen LogP contribution in [0.4, 0.5) is 0 Å². The number of nitrogens with zero attached hydrogens (tertiary/aromatic N) is 1. The first-order valence-electron chi connectivity index (χ1n) is 8.24. The summed E-state index contributed by atoms with van der Waals surface area (Å²) < 4.78 is 10.6. The van der Waals surface area contributed by atoms with Crippen molar-refractivity contribution in [3.8, 4) is 11.5 Å². The second-order valence-corrected chi connectivity index (χ2v) is 6.19. The molecule has 1 aliphatic rings. The normalized spacial score (nSPS) is 20.7. The standard InChI is InChI=1S/C19H27NO3/c1-5-19(21)20(16-9-7-6-8-14(16)2)13-15-10-11-17(22-3)18(12-15)23-4/h5,10-12,14,16H,1,6-9,13H2,2-4H3/t14-,16-/m1/s1. The van der Waals surface area contributed by atoms with E-state index in [-0.39, 0.29) is 11.9 Å². The fourth-order valence-electron chi connectivity index (χ4n) is 3.41. The summed E-state index contributed by atoms with van der Waals surface area (Å²) in [4.78, 5) is 14.3. The minimum atomic E-state index is -0.00136. The molecule has 4 nitrogen and oxygen atoms in total. The summed E-state index contributed by atoms with van der Waals surface area (Å²) in [6, 6.07) is 6.09. The van der Waals surface area contributed by atoms with Gasteiger partial charge in [0.05, 0.1) is 14.2 Å². The summed E-state index contributed by atoms with van der Waals surface area (Å²) in [6.07, 6.45) is 6.10. The van der Waals surface area contributed by atoms with Crippen LogP contribution in [0.2, 0.25) is 0 Å². The van der Waals surface area contributed by atoms with E-state index < -0.39 is 0 Å². The van der Waals surface area contributed by atoms with Crippen molar-refractivity contribution in [2.24, 2.45) is 5.92 Å². The van der Waals surface area contributed by atoms with Crippen LogP contribution in [0, 0.1) is 5.92 Å². The van der Waals surface area contributed by atoms with Crippen LogP contribution < -0.4 is 9.47 Å². The predicted molar refractivity (Wildman–Crippen MR) is 91.7 cm³/mol. The van der Waals surface area contributed by atoms with Gasteiger partial charge >= 0.3 is 0 Å². The van der Waals surface area contributed by atoms with Gasteiger partial charge in [-0.05, 0) is 42.5 Å². The zero-order valence-electron chi connectivity index (χ0n) is 14.4. The average molecular weight is 317 g/mol. The third-order valence-electron chi connectivity index (χ3n) is 4.73. The van der Waals surface area contributed by atoms with E-state index in [0.717, 1.165) is 12.0 Å². The molecule has 4 heteroatoms. The Bertz CT molecular complexity index is 556. The first-order valence-corrected chi connectivity index (χ1v) is 8.24. The fourth-order valence-corrected chi connectivity index (χ4v) is 3.41. The Balaban J connectivity index is 2.23. The van der Waals surface area contributed by atoms with Crippen LogP contribution in [0.3, 0.4) is 0 Å². The lowest BCUT2D eigenvalue weighted by molar-refractivity contribution is -0.130. The molecule has 0 bridgehead atoms. The number of rotatable bonds is 6. The second kappa shape index (κ2) is 8.04. The van der Waals surface area contributed by atoms with Crippen molar-refractivity contribution in [1.29, 1.82) is 0 Å². The van der Waals surface area contributed by atoms with Crippen molar-refractivity contribution in [1.82, 2.24) is 4.90 Å². The highest BCUT2D eigenvalue weighted by atomic mass is 16.5. The molecule has 23 heavy (non-hydrogen) atoms. The number of methoxy groups -OCH3 is 2. The van der Waals surface area contributed by atoms with E-state index in [0.29, 0.717) is 24.0 Å². The van der Waals surface area contributed by atoms with E-state index in [2.05, 4.69) is 13.5 Å². The van der Waals surface area contributed by atoms with Gasteiger partial charge in [-0.2, -0.15) is 0 Å². The number of carbonyl (C=O) groups is 1. The van der Waals surface area contributed by atoms with Gasteiger partial charge in [-0.25, -0.2) is 0 Å². The lowest BCUT2D eigenvalue weighted by Crippen LogP contribution is -2.44. The highest BCUT2D eigenvalue weighted by Crippen LogP contribution is 2.32. The van der Waals surface area contributed by atoms with Gasteiger partial charge in [-0.3, -0.25) is 4.79 Å². The Hall–Kier alpha value is -1.97. The first kappa shape index (κ1) is 17.4. The number of benzene rings is 1. The topological polar surface area (TPSA) is 38.8 Å². The summed E-state index contributed by atoms with van der Waals surface area (Å²) in [5.74, 6) is 1.91. The van der Waals surface area contributed by atoms with Gasteiger partial charge in [-0.15, -0.1) is 0 Å². The van der Waals surface area contributed by atoms with Crippen LogP contribution in [0.1, 0.15) is 38.2 Å². The Kier molecular flexibility index (Phi) is 6.08. The van der Waals surface area contributed by atoms with E-state index in [9.17, 15) is 4.79 Å². The quantitative estimate of drug-likeness (QED) is 0.749. The van der Waals surface area contributed by atoms with Crippen molar-refractivity contribution in [2.45, 2.75) is 45.2 Å². The van der Waals surface area contributed by atoms with Crippen LogP contribution in [0.15, 0.2) is 30.9 Å². The fraction of sp³-hybridized carbons (Fsp3) is 0.526. The van der Waals surface area contributed by atoms with Crippen LogP contribution in [0.25, 0.3) is 0 Å².